The van der Waals surface area contributed by atoms with Crippen molar-refractivity contribution in [3.8, 4) is 17.1 Å². The highest BCUT2D eigenvalue weighted by Crippen LogP contribution is 2.20. The summed E-state index contributed by atoms with van der Waals surface area (Å²) in [5, 5.41) is 0. The van der Waals surface area contributed by atoms with Gasteiger partial charge in [0, 0.05) is 57.2 Å². The molecule has 1 fully saturated rings. The summed E-state index contributed by atoms with van der Waals surface area (Å²) in [5.41, 5.74) is 1.76. The van der Waals surface area contributed by atoms with Gasteiger partial charge in [-0.2, -0.15) is 0 Å². The predicted octanol–water partition coefficient (Wildman–Crippen LogP) is 3.02. The Morgan fingerprint density at radius 1 is 0.966 bits per heavy atom. The molecule has 0 aliphatic carbocycles. The maximum Gasteiger partial charge on any atom is 0.257 e. The number of ether oxygens (including phenoxy) is 1. The first-order valence-corrected chi connectivity index (χ1v) is 9.97. The van der Waals surface area contributed by atoms with E-state index in [-0.39, 0.29) is 5.91 Å². The van der Waals surface area contributed by atoms with Gasteiger partial charge in [-0.15, -0.1) is 0 Å². The zero-order chi connectivity index (χ0) is 20.1. The minimum atomic E-state index is 0.0445. The topological polar surface area (TPSA) is 50.6 Å². The number of carbonyl (C=O) groups is 1. The Hall–Kier alpha value is -3.12. The van der Waals surface area contributed by atoms with E-state index in [0.29, 0.717) is 11.3 Å². The van der Waals surface area contributed by atoms with E-state index in [1.54, 1.807) is 7.11 Å². The highest BCUT2D eigenvalue weighted by molar-refractivity contribution is 5.97. The van der Waals surface area contributed by atoms with E-state index in [0.717, 1.165) is 50.7 Å². The van der Waals surface area contributed by atoms with E-state index >= 15 is 0 Å². The summed E-state index contributed by atoms with van der Waals surface area (Å²) in [5.74, 6) is 1.67. The molecule has 6 heteroatoms. The van der Waals surface area contributed by atoms with Crippen molar-refractivity contribution in [3.63, 3.8) is 0 Å². The molecule has 0 bridgehead atoms. The molecule has 1 amide bonds. The fourth-order valence-electron chi connectivity index (χ4n) is 3.75. The van der Waals surface area contributed by atoms with Crippen LogP contribution in [0.2, 0.25) is 0 Å². The van der Waals surface area contributed by atoms with Crippen LogP contribution in [0.25, 0.3) is 11.4 Å². The van der Waals surface area contributed by atoms with Crippen molar-refractivity contribution in [2.24, 2.45) is 0 Å². The third kappa shape index (κ3) is 4.32. The zero-order valence-corrected chi connectivity index (χ0v) is 16.7. The van der Waals surface area contributed by atoms with Crippen molar-refractivity contribution in [3.05, 3.63) is 72.6 Å². The van der Waals surface area contributed by atoms with Crippen molar-refractivity contribution in [2.45, 2.75) is 6.54 Å². The Kier molecular flexibility index (Phi) is 5.91. The molecule has 0 saturated carbocycles. The van der Waals surface area contributed by atoms with E-state index in [4.69, 9.17) is 4.74 Å². The van der Waals surface area contributed by atoms with E-state index in [2.05, 4.69) is 26.6 Å². The first-order chi connectivity index (χ1) is 14.3. The first-order valence-electron chi connectivity index (χ1n) is 9.97. The van der Waals surface area contributed by atoms with E-state index < -0.39 is 0 Å². The number of amides is 1. The van der Waals surface area contributed by atoms with Crippen molar-refractivity contribution >= 4 is 5.91 Å². The molecule has 1 aliphatic heterocycles. The Balaban J connectivity index is 1.32. The lowest BCUT2D eigenvalue weighted by Crippen LogP contribution is -2.49. The fraction of sp³-hybridized carbons (Fsp3) is 0.304. The smallest absolute Gasteiger partial charge is 0.257 e. The number of piperazine rings is 1. The van der Waals surface area contributed by atoms with Gasteiger partial charge in [-0.05, 0) is 12.1 Å². The average molecular weight is 390 g/mol. The second-order valence-corrected chi connectivity index (χ2v) is 7.14. The molecular weight excluding hydrogens is 364 g/mol. The highest BCUT2D eigenvalue weighted by atomic mass is 16.5. The zero-order valence-electron chi connectivity index (χ0n) is 16.7. The molecule has 4 rings (SSSR count). The number of imidazole rings is 1. The third-order valence-corrected chi connectivity index (χ3v) is 5.40. The predicted molar refractivity (Wildman–Crippen MR) is 113 cm³/mol. The van der Waals surface area contributed by atoms with Crippen LogP contribution in [0.5, 0.6) is 5.75 Å². The number of carbonyl (C=O) groups excluding carboxylic acids is 1. The molecule has 0 unspecified atom stereocenters. The molecule has 3 aromatic rings. The summed E-state index contributed by atoms with van der Waals surface area (Å²) in [7, 11) is 1.60. The maximum absolute atomic E-state index is 12.8. The molecule has 2 heterocycles. The second kappa shape index (κ2) is 8.92. The van der Waals surface area contributed by atoms with E-state index in [1.807, 2.05) is 59.8 Å². The quantitative estimate of drug-likeness (QED) is 0.649. The molecule has 6 nitrogen and oxygen atoms in total. The molecule has 2 aromatic carbocycles. The van der Waals surface area contributed by atoms with E-state index in [9.17, 15) is 4.79 Å². The van der Waals surface area contributed by atoms with Crippen LogP contribution in [0.4, 0.5) is 0 Å². The highest BCUT2D eigenvalue weighted by Gasteiger charge is 2.24. The minimum absolute atomic E-state index is 0.0445. The van der Waals surface area contributed by atoms with Gasteiger partial charge in [0.15, 0.2) is 0 Å². The lowest BCUT2D eigenvalue weighted by Gasteiger charge is -2.35. The van der Waals surface area contributed by atoms with Crippen LogP contribution in [0, 0.1) is 0 Å². The number of para-hydroxylation sites is 1. The molecular formula is C23H26N4O2. The summed E-state index contributed by atoms with van der Waals surface area (Å²) in [6.45, 7) is 5.02. The Morgan fingerprint density at radius 3 is 2.45 bits per heavy atom. The van der Waals surface area contributed by atoms with Crippen LogP contribution in [-0.4, -0.2) is 65.1 Å². The van der Waals surface area contributed by atoms with Crippen LogP contribution in [0.3, 0.4) is 0 Å². The normalized spacial score (nSPS) is 14.7. The van der Waals surface area contributed by atoms with Gasteiger partial charge in [0.05, 0.1) is 12.7 Å². The third-order valence-electron chi connectivity index (χ3n) is 5.40. The van der Waals surface area contributed by atoms with Gasteiger partial charge in [0.1, 0.15) is 11.6 Å². The SMILES string of the molecule is COc1ccccc1C(=O)N1CCN(CCn2ccnc2-c2ccccc2)CC1. The Labute approximate surface area is 171 Å². The largest absolute Gasteiger partial charge is 0.496 e. The van der Waals surface area contributed by atoms with Crippen LogP contribution in [0.15, 0.2) is 67.0 Å². The van der Waals surface area contributed by atoms with Crippen LogP contribution >= 0.6 is 0 Å². The molecule has 0 atom stereocenters. The second-order valence-electron chi connectivity index (χ2n) is 7.14. The average Bonchev–Trinajstić information content (AvgIpc) is 3.27. The number of methoxy groups -OCH3 is 1. The number of rotatable bonds is 6. The van der Waals surface area contributed by atoms with Gasteiger partial charge in [-0.1, -0.05) is 42.5 Å². The van der Waals surface area contributed by atoms with Crippen molar-refractivity contribution < 1.29 is 9.53 Å². The molecule has 0 radical (unpaired) electrons. The Bertz CT molecular complexity index is 946. The number of hydrogen-bond acceptors (Lipinski definition) is 4. The minimum Gasteiger partial charge on any atom is -0.496 e. The molecule has 29 heavy (non-hydrogen) atoms. The van der Waals surface area contributed by atoms with Gasteiger partial charge >= 0.3 is 0 Å². The summed E-state index contributed by atoms with van der Waals surface area (Å²) < 4.78 is 7.54. The maximum atomic E-state index is 12.8. The van der Waals surface area contributed by atoms with Crippen LogP contribution in [-0.2, 0) is 6.54 Å². The molecule has 150 valence electrons. The molecule has 0 N–H and O–H groups in total. The lowest BCUT2D eigenvalue weighted by molar-refractivity contribution is 0.0630. The van der Waals surface area contributed by atoms with Gasteiger partial charge in [0.2, 0.25) is 0 Å². The van der Waals surface area contributed by atoms with Gasteiger partial charge in [-0.3, -0.25) is 9.69 Å². The Morgan fingerprint density at radius 2 is 1.69 bits per heavy atom. The van der Waals surface area contributed by atoms with Gasteiger partial charge in [-0.25, -0.2) is 4.98 Å². The summed E-state index contributed by atoms with van der Waals surface area (Å²) in [6.07, 6.45) is 3.88. The van der Waals surface area contributed by atoms with Crippen molar-refractivity contribution in [2.75, 3.05) is 39.8 Å². The van der Waals surface area contributed by atoms with Crippen LogP contribution < -0.4 is 4.74 Å². The molecule has 1 saturated heterocycles. The van der Waals surface area contributed by atoms with Gasteiger partial charge < -0.3 is 14.2 Å². The summed E-state index contributed by atoms with van der Waals surface area (Å²) in [6, 6.07) is 17.7. The van der Waals surface area contributed by atoms with Crippen molar-refractivity contribution in [1.29, 1.82) is 0 Å². The molecule has 1 aliphatic rings. The molecule has 0 spiro atoms. The number of hydrogen-bond donors (Lipinski definition) is 0. The van der Waals surface area contributed by atoms with Crippen molar-refractivity contribution in [1.82, 2.24) is 19.4 Å². The van der Waals surface area contributed by atoms with E-state index in [1.165, 1.54) is 0 Å². The number of nitrogens with zero attached hydrogens (tertiary/aromatic N) is 4. The fourth-order valence-corrected chi connectivity index (χ4v) is 3.75. The first kappa shape index (κ1) is 19.2. The number of aromatic nitrogens is 2. The molecule has 1 aromatic heterocycles. The summed E-state index contributed by atoms with van der Waals surface area (Å²) in [4.78, 5) is 21.7. The monoisotopic (exact) mass is 390 g/mol. The lowest BCUT2D eigenvalue weighted by atomic mass is 10.1. The number of benzene rings is 2. The standard InChI is InChI=1S/C23H26N4O2/c1-29-21-10-6-5-9-20(21)23(28)27-17-14-25(15-18-27)13-16-26-12-11-24-22(26)19-7-3-2-4-8-19/h2-12H,13-18H2,1H3. The van der Waals surface area contributed by atoms with Crippen LogP contribution in [0.1, 0.15) is 10.4 Å². The summed E-state index contributed by atoms with van der Waals surface area (Å²) >= 11 is 0. The van der Waals surface area contributed by atoms with Gasteiger partial charge in [0.25, 0.3) is 5.91 Å².